The Hall–Kier alpha value is -3.05. The Labute approximate surface area is 228 Å². The standard InChI is InChI=1S/C30H32ClN5O2/c31-23-4-6-25(7-5-23)36-29(22-2-3-22)26(19-34-36)27(37)17-21-1-8-28(33-18-21)30(20-32)11-9-24(10-12-30)35-13-15-38-16-14-35/h1,4-8,18-19,22,24H,2-3,9-17H2. The third-order valence-corrected chi connectivity index (χ3v) is 8.66. The molecule has 8 heteroatoms. The largest absolute Gasteiger partial charge is 0.379 e. The molecule has 1 saturated heterocycles. The van der Waals surface area contributed by atoms with Gasteiger partial charge in [0.1, 0.15) is 0 Å². The summed E-state index contributed by atoms with van der Waals surface area (Å²) in [7, 11) is 0. The molecule has 2 aromatic heterocycles. The molecule has 0 amide bonds. The van der Waals surface area contributed by atoms with E-state index >= 15 is 0 Å². The Bertz CT molecular complexity index is 1330. The van der Waals surface area contributed by atoms with Crippen LogP contribution in [0.4, 0.5) is 0 Å². The van der Waals surface area contributed by atoms with Crippen molar-refractivity contribution in [2.75, 3.05) is 26.3 Å². The fraction of sp³-hybridized carbons (Fsp3) is 0.467. The molecule has 0 unspecified atom stereocenters. The summed E-state index contributed by atoms with van der Waals surface area (Å²) in [5, 5.41) is 15.4. The maximum Gasteiger partial charge on any atom is 0.170 e. The zero-order valence-corrected chi connectivity index (χ0v) is 22.2. The molecule has 3 aromatic rings. The van der Waals surface area contributed by atoms with Crippen molar-refractivity contribution in [3.63, 3.8) is 0 Å². The summed E-state index contributed by atoms with van der Waals surface area (Å²) in [5.41, 5.74) is 3.71. The zero-order valence-electron chi connectivity index (χ0n) is 21.5. The Morgan fingerprint density at radius 3 is 2.42 bits per heavy atom. The molecular formula is C30H32ClN5O2. The van der Waals surface area contributed by atoms with Gasteiger partial charge in [0.2, 0.25) is 0 Å². The molecule has 3 heterocycles. The predicted octanol–water partition coefficient (Wildman–Crippen LogP) is 5.26. The Kier molecular flexibility index (Phi) is 7.05. The van der Waals surface area contributed by atoms with Gasteiger partial charge in [0, 0.05) is 42.7 Å². The third-order valence-electron chi connectivity index (χ3n) is 8.41. The van der Waals surface area contributed by atoms with Crippen molar-refractivity contribution in [3.8, 4) is 11.8 Å². The van der Waals surface area contributed by atoms with Gasteiger partial charge in [-0.05, 0) is 74.4 Å². The predicted molar refractivity (Wildman–Crippen MR) is 145 cm³/mol. The van der Waals surface area contributed by atoms with Gasteiger partial charge < -0.3 is 4.74 Å². The van der Waals surface area contributed by atoms with Crippen LogP contribution in [0.1, 0.15) is 71.8 Å². The van der Waals surface area contributed by atoms with E-state index in [4.69, 9.17) is 21.3 Å². The van der Waals surface area contributed by atoms with E-state index in [1.54, 1.807) is 12.4 Å². The number of benzene rings is 1. The van der Waals surface area contributed by atoms with Crippen LogP contribution in [-0.2, 0) is 16.6 Å². The number of pyridine rings is 1. The number of carbonyl (C=O) groups is 1. The topological polar surface area (TPSA) is 84.0 Å². The second-order valence-electron chi connectivity index (χ2n) is 10.8. The van der Waals surface area contributed by atoms with Crippen LogP contribution < -0.4 is 0 Å². The smallest absolute Gasteiger partial charge is 0.170 e. The molecule has 0 N–H and O–H groups in total. The molecule has 2 saturated carbocycles. The highest BCUT2D eigenvalue weighted by atomic mass is 35.5. The van der Waals surface area contributed by atoms with Crippen molar-refractivity contribution in [3.05, 3.63) is 76.3 Å². The number of aromatic nitrogens is 3. The molecule has 7 nitrogen and oxygen atoms in total. The summed E-state index contributed by atoms with van der Waals surface area (Å²) in [6, 6.07) is 14.6. The number of nitrogens with zero attached hydrogens (tertiary/aromatic N) is 5. The van der Waals surface area contributed by atoms with Crippen LogP contribution in [0, 0.1) is 11.3 Å². The van der Waals surface area contributed by atoms with E-state index in [-0.39, 0.29) is 12.2 Å². The number of ether oxygens (including phenoxy) is 1. The first-order valence-electron chi connectivity index (χ1n) is 13.6. The number of hydrogen-bond donors (Lipinski definition) is 0. The summed E-state index contributed by atoms with van der Waals surface area (Å²) in [6.07, 6.45) is 9.49. The number of hydrogen-bond acceptors (Lipinski definition) is 6. The first-order chi connectivity index (χ1) is 18.6. The average molecular weight is 530 g/mol. The highest BCUT2D eigenvalue weighted by Crippen LogP contribution is 2.43. The van der Waals surface area contributed by atoms with E-state index in [1.807, 2.05) is 41.1 Å². The lowest BCUT2D eigenvalue weighted by molar-refractivity contribution is 0.00493. The van der Waals surface area contributed by atoms with Gasteiger partial charge in [0.25, 0.3) is 0 Å². The number of nitriles is 1. The minimum atomic E-state index is -0.551. The van der Waals surface area contributed by atoms with Gasteiger partial charge in [-0.1, -0.05) is 17.7 Å². The molecule has 0 bridgehead atoms. The molecule has 3 aliphatic rings. The molecule has 3 fully saturated rings. The number of Topliss-reactive ketones (excluding diaryl/α,β-unsaturated/α-hetero) is 1. The van der Waals surface area contributed by atoms with Crippen molar-refractivity contribution in [1.29, 1.82) is 5.26 Å². The summed E-state index contributed by atoms with van der Waals surface area (Å²) in [6.45, 7) is 3.55. The van der Waals surface area contributed by atoms with Crippen LogP contribution in [0.5, 0.6) is 0 Å². The van der Waals surface area contributed by atoms with Crippen LogP contribution in [0.15, 0.2) is 48.8 Å². The SMILES string of the molecule is N#CC1(c2ccc(CC(=O)c3cnn(-c4ccc(Cl)cc4)c3C3CC3)cn2)CCC(N2CCOCC2)CC1. The number of rotatable bonds is 7. The van der Waals surface area contributed by atoms with Crippen molar-refractivity contribution in [2.45, 2.75) is 62.3 Å². The minimum Gasteiger partial charge on any atom is -0.379 e. The number of carbonyl (C=O) groups excluding carboxylic acids is 1. The Balaban J connectivity index is 1.15. The fourth-order valence-electron chi connectivity index (χ4n) is 6.03. The normalized spacial score (nSPS) is 24.2. The van der Waals surface area contributed by atoms with Gasteiger partial charge in [-0.15, -0.1) is 0 Å². The van der Waals surface area contributed by atoms with Gasteiger partial charge in [0.05, 0.1) is 53.5 Å². The monoisotopic (exact) mass is 529 g/mol. The lowest BCUT2D eigenvalue weighted by Gasteiger charge is -2.41. The summed E-state index contributed by atoms with van der Waals surface area (Å²) in [5.74, 6) is 0.401. The molecule has 0 spiro atoms. The van der Waals surface area contributed by atoms with E-state index in [0.29, 0.717) is 22.5 Å². The molecule has 0 radical (unpaired) electrons. The Morgan fingerprint density at radius 2 is 1.79 bits per heavy atom. The van der Waals surface area contributed by atoms with Gasteiger partial charge in [-0.25, -0.2) is 4.68 Å². The fourth-order valence-corrected chi connectivity index (χ4v) is 6.16. The van der Waals surface area contributed by atoms with E-state index in [9.17, 15) is 10.1 Å². The maximum atomic E-state index is 13.4. The van der Waals surface area contributed by atoms with Gasteiger partial charge >= 0.3 is 0 Å². The molecule has 1 aromatic carbocycles. The molecule has 2 aliphatic carbocycles. The van der Waals surface area contributed by atoms with Gasteiger partial charge in [0.15, 0.2) is 5.78 Å². The van der Waals surface area contributed by atoms with Gasteiger partial charge in [-0.2, -0.15) is 10.4 Å². The van der Waals surface area contributed by atoms with Crippen LogP contribution in [0.3, 0.4) is 0 Å². The Morgan fingerprint density at radius 1 is 1.05 bits per heavy atom. The second-order valence-corrected chi connectivity index (χ2v) is 11.3. The summed E-state index contributed by atoms with van der Waals surface area (Å²) >= 11 is 6.06. The lowest BCUT2D eigenvalue weighted by atomic mass is 9.71. The van der Waals surface area contributed by atoms with Gasteiger partial charge in [-0.3, -0.25) is 14.7 Å². The lowest BCUT2D eigenvalue weighted by Crippen LogP contribution is -2.47. The molecule has 196 valence electrons. The summed E-state index contributed by atoms with van der Waals surface area (Å²) < 4.78 is 7.38. The van der Waals surface area contributed by atoms with Crippen molar-refractivity contribution < 1.29 is 9.53 Å². The number of morpholine rings is 1. The van der Waals surface area contributed by atoms with Crippen molar-refractivity contribution in [1.82, 2.24) is 19.7 Å². The molecule has 0 atom stereocenters. The molecular weight excluding hydrogens is 498 g/mol. The van der Waals surface area contributed by atoms with Crippen LogP contribution in [-0.4, -0.2) is 57.8 Å². The van der Waals surface area contributed by atoms with E-state index in [1.165, 1.54) is 0 Å². The van der Waals surface area contributed by atoms with Crippen LogP contribution in [0.2, 0.25) is 5.02 Å². The quantitative estimate of drug-likeness (QED) is 0.388. The highest BCUT2D eigenvalue weighted by Gasteiger charge is 2.40. The zero-order chi connectivity index (χ0) is 26.1. The second kappa shape index (κ2) is 10.6. The van der Waals surface area contributed by atoms with Crippen molar-refractivity contribution >= 4 is 17.4 Å². The van der Waals surface area contributed by atoms with Crippen LogP contribution in [0.25, 0.3) is 5.69 Å². The molecule has 38 heavy (non-hydrogen) atoms. The first kappa shape index (κ1) is 25.2. The average Bonchev–Trinajstić information content (AvgIpc) is 3.71. The first-order valence-corrected chi connectivity index (χ1v) is 14.0. The maximum absolute atomic E-state index is 13.4. The van der Waals surface area contributed by atoms with E-state index < -0.39 is 5.41 Å². The minimum absolute atomic E-state index is 0.0441. The number of halogens is 1. The van der Waals surface area contributed by atoms with Crippen molar-refractivity contribution in [2.24, 2.45) is 0 Å². The highest BCUT2D eigenvalue weighted by molar-refractivity contribution is 6.30. The molecule has 1 aliphatic heterocycles. The van der Waals surface area contributed by atoms with E-state index in [0.717, 1.165) is 87.5 Å². The van der Waals surface area contributed by atoms with E-state index in [2.05, 4.69) is 16.1 Å². The summed E-state index contributed by atoms with van der Waals surface area (Å²) in [4.78, 5) is 20.6. The van der Waals surface area contributed by atoms with Crippen LogP contribution >= 0.6 is 11.6 Å². The third kappa shape index (κ3) is 5.01. The number of ketones is 1. The molecule has 6 rings (SSSR count).